The SMILES string of the molecule is O=C(NCC1CCCN1c1nc2ccccc2o1)c1ccccc1C(=O)c1ccc(F)cc1. The lowest BCUT2D eigenvalue weighted by atomic mass is 9.98. The first-order valence-electron chi connectivity index (χ1n) is 10.9. The highest BCUT2D eigenvalue weighted by molar-refractivity contribution is 6.15. The molecule has 1 atom stereocenters. The summed E-state index contributed by atoms with van der Waals surface area (Å²) in [4.78, 5) is 32.6. The quantitative estimate of drug-likeness (QED) is 0.441. The topological polar surface area (TPSA) is 75.4 Å². The fourth-order valence-corrected chi connectivity index (χ4v) is 4.22. The van der Waals surface area contributed by atoms with Crippen LogP contribution in [0.1, 0.15) is 39.1 Å². The van der Waals surface area contributed by atoms with Gasteiger partial charge in [-0.15, -0.1) is 0 Å². The highest BCUT2D eigenvalue weighted by atomic mass is 19.1. The van der Waals surface area contributed by atoms with Crippen LogP contribution in [0, 0.1) is 5.82 Å². The number of hydrogen-bond donors (Lipinski definition) is 1. The Bertz CT molecular complexity index is 1280. The zero-order valence-corrected chi connectivity index (χ0v) is 17.8. The lowest BCUT2D eigenvalue weighted by Crippen LogP contribution is -2.40. The van der Waals surface area contributed by atoms with Gasteiger partial charge in [0.2, 0.25) is 0 Å². The van der Waals surface area contributed by atoms with Gasteiger partial charge in [-0.1, -0.05) is 30.3 Å². The Morgan fingerprint density at radius 2 is 1.73 bits per heavy atom. The molecule has 1 N–H and O–H groups in total. The molecule has 166 valence electrons. The third-order valence-electron chi connectivity index (χ3n) is 5.93. The van der Waals surface area contributed by atoms with Crippen LogP contribution < -0.4 is 10.2 Å². The van der Waals surface area contributed by atoms with Crippen molar-refractivity contribution in [2.45, 2.75) is 18.9 Å². The van der Waals surface area contributed by atoms with E-state index >= 15 is 0 Å². The molecule has 33 heavy (non-hydrogen) atoms. The van der Waals surface area contributed by atoms with E-state index in [1.807, 2.05) is 24.3 Å². The van der Waals surface area contributed by atoms with Crippen molar-refractivity contribution in [3.05, 3.63) is 95.3 Å². The zero-order chi connectivity index (χ0) is 22.8. The van der Waals surface area contributed by atoms with E-state index in [-0.39, 0.29) is 23.3 Å². The number of benzene rings is 3. The summed E-state index contributed by atoms with van der Waals surface area (Å²) in [6, 6.07) is 20.2. The van der Waals surface area contributed by atoms with Crippen LogP contribution in [0.15, 0.2) is 77.2 Å². The van der Waals surface area contributed by atoms with Crippen LogP contribution >= 0.6 is 0 Å². The molecule has 0 spiro atoms. The molecule has 1 aliphatic heterocycles. The molecule has 0 radical (unpaired) electrons. The molecular weight excluding hydrogens is 421 g/mol. The van der Waals surface area contributed by atoms with Crippen molar-refractivity contribution >= 4 is 28.8 Å². The van der Waals surface area contributed by atoms with Crippen LogP contribution in [-0.2, 0) is 0 Å². The second-order valence-electron chi connectivity index (χ2n) is 8.05. The number of carbonyl (C=O) groups is 2. The van der Waals surface area contributed by atoms with E-state index in [1.54, 1.807) is 24.3 Å². The summed E-state index contributed by atoms with van der Waals surface area (Å²) in [5.74, 6) is -1.07. The maximum absolute atomic E-state index is 13.2. The monoisotopic (exact) mass is 443 g/mol. The van der Waals surface area contributed by atoms with Crippen molar-refractivity contribution in [1.29, 1.82) is 0 Å². The molecule has 0 bridgehead atoms. The number of rotatable bonds is 6. The number of amides is 1. The van der Waals surface area contributed by atoms with Gasteiger partial charge >= 0.3 is 0 Å². The van der Waals surface area contributed by atoms with E-state index in [0.717, 1.165) is 30.5 Å². The predicted molar refractivity (Wildman–Crippen MR) is 123 cm³/mol. The van der Waals surface area contributed by atoms with E-state index in [4.69, 9.17) is 4.42 Å². The van der Waals surface area contributed by atoms with Gasteiger partial charge in [-0.3, -0.25) is 9.59 Å². The van der Waals surface area contributed by atoms with Gasteiger partial charge in [0.1, 0.15) is 11.3 Å². The number of para-hydroxylation sites is 2. The molecule has 6 nitrogen and oxygen atoms in total. The molecule has 4 aromatic rings. The van der Waals surface area contributed by atoms with Crippen molar-refractivity contribution in [3.63, 3.8) is 0 Å². The van der Waals surface area contributed by atoms with Crippen LogP contribution in [0.5, 0.6) is 0 Å². The number of hydrogen-bond acceptors (Lipinski definition) is 5. The predicted octanol–water partition coefficient (Wildman–Crippen LogP) is 4.60. The average Bonchev–Trinajstić information content (AvgIpc) is 3.49. The van der Waals surface area contributed by atoms with E-state index in [1.165, 1.54) is 24.3 Å². The second kappa shape index (κ2) is 8.86. The highest BCUT2D eigenvalue weighted by Crippen LogP contribution is 2.28. The van der Waals surface area contributed by atoms with Crippen LogP contribution in [-0.4, -0.2) is 35.8 Å². The first-order valence-corrected chi connectivity index (χ1v) is 10.9. The van der Waals surface area contributed by atoms with Crippen LogP contribution in [0.4, 0.5) is 10.4 Å². The van der Waals surface area contributed by atoms with E-state index in [2.05, 4.69) is 15.2 Å². The van der Waals surface area contributed by atoms with Crippen molar-refractivity contribution in [2.24, 2.45) is 0 Å². The number of ketones is 1. The van der Waals surface area contributed by atoms with Gasteiger partial charge in [0.05, 0.1) is 11.6 Å². The highest BCUT2D eigenvalue weighted by Gasteiger charge is 2.29. The lowest BCUT2D eigenvalue weighted by molar-refractivity contribution is 0.0940. The molecule has 1 amide bonds. The Kier molecular flexibility index (Phi) is 5.60. The average molecular weight is 443 g/mol. The van der Waals surface area contributed by atoms with Gasteiger partial charge in [0.25, 0.3) is 11.9 Å². The Labute approximate surface area is 190 Å². The number of carbonyl (C=O) groups excluding carboxylic acids is 2. The molecule has 1 fully saturated rings. The van der Waals surface area contributed by atoms with Crippen LogP contribution in [0.2, 0.25) is 0 Å². The fraction of sp³-hybridized carbons (Fsp3) is 0.192. The summed E-state index contributed by atoms with van der Waals surface area (Å²) in [6.45, 7) is 1.20. The van der Waals surface area contributed by atoms with Crippen molar-refractivity contribution in [2.75, 3.05) is 18.0 Å². The number of anilines is 1. The lowest BCUT2D eigenvalue weighted by Gasteiger charge is -2.23. The van der Waals surface area contributed by atoms with Gasteiger partial charge in [-0.25, -0.2) is 4.39 Å². The summed E-state index contributed by atoms with van der Waals surface area (Å²) in [6.07, 6.45) is 1.87. The number of oxazole rings is 1. The minimum absolute atomic E-state index is 0.0435. The number of halogens is 1. The van der Waals surface area contributed by atoms with E-state index < -0.39 is 5.82 Å². The van der Waals surface area contributed by atoms with Crippen LogP contribution in [0.3, 0.4) is 0 Å². The second-order valence-corrected chi connectivity index (χ2v) is 8.05. The van der Waals surface area contributed by atoms with Gasteiger partial charge in [0.15, 0.2) is 11.4 Å². The molecule has 2 heterocycles. The molecule has 7 heteroatoms. The number of aromatic nitrogens is 1. The van der Waals surface area contributed by atoms with E-state index in [0.29, 0.717) is 23.7 Å². The molecular formula is C26H22FN3O3. The molecule has 1 aliphatic rings. The number of nitrogens with zero attached hydrogens (tertiary/aromatic N) is 2. The van der Waals surface area contributed by atoms with Gasteiger partial charge in [0, 0.05) is 24.2 Å². The fourth-order valence-electron chi connectivity index (χ4n) is 4.22. The van der Waals surface area contributed by atoms with Crippen molar-refractivity contribution < 1.29 is 18.4 Å². The first kappa shape index (κ1) is 20.9. The Morgan fingerprint density at radius 1 is 1.00 bits per heavy atom. The Hall–Kier alpha value is -4.00. The normalized spacial score (nSPS) is 15.7. The summed E-state index contributed by atoms with van der Waals surface area (Å²) >= 11 is 0. The summed E-state index contributed by atoms with van der Waals surface area (Å²) in [5.41, 5.74) is 2.43. The van der Waals surface area contributed by atoms with Gasteiger partial charge < -0.3 is 14.6 Å². The van der Waals surface area contributed by atoms with E-state index in [9.17, 15) is 14.0 Å². The maximum Gasteiger partial charge on any atom is 0.298 e. The summed E-state index contributed by atoms with van der Waals surface area (Å²) < 4.78 is 19.1. The molecule has 0 aliphatic carbocycles. The van der Waals surface area contributed by atoms with Gasteiger partial charge in [-0.05, 0) is 55.3 Å². The first-order chi connectivity index (χ1) is 16.1. The third-order valence-corrected chi connectivity index (χ3v) is 5.93. The number of fused-ring (bicyclic) bond motifs is 1. The Balaban J connectivity index is 1.31. The summed E-state index contributed by atoms with van der Waals surface area (Å²) in [5, 5.41) is 2.97. The van der Waals surface area contributed by atoms with Crippen molar-refractivity contribution in [1.82, 2.24) is 10.3 Å². The molecule has 3 aromatic carbocycles. The minimum Gasteiger partial charge on any atom is -0.423 e. The van der Waals surface area contributed by atoms with Gasteiger partial charge in [-0.2, -0.15) is 4.98 Å². The van der Waals surface area contributed by atoms with Crippen LogP contribution in [0.25, 0.3) is 11.1 Å². The molecule has 0 saturated carbocycles. The molecule has 1 saturated heterocycles. The number of nitrogens with one attached hydrogen (secondary N) is 1. The molecule has 1 aromatic heterocycles. The van der Waals surface area contributed by atoms with Crippen molar-refractivity contribution in [3.8, 4) is 0 Å². The molecule has 5 rings (SSSR count). The summed E-state index contributed by atoms with van der Waals surface area (Å²) in [7, 11) is 0. The largest absolute Gasteiger partial charge is 0.423 e. The molecule has 1 unspecified atom stereocenters. The smallest absolute Gasteiger partial charge is 0.298 e. The third kappa shape index (κ3) is 4.22. The standard InChI is InChI=1S/C26H22FN3O3/c27-18-13-11-17(12-14-18)24(31)20-7-1-2-8-21(20)25(32)28-16-19-6-5-15-30(19)26-29-22-9-3-4-10-23(22)33-26/h1-4,7-14,19H,5-6,15-16H2,(H,28,32). The Morgan fingerprint density at radius 3 is 2.52 bits per heavy atom. The zero-order valence-electron chi connectivity index (χ0n) is 17.8. The maximum atomic E-state index is 13.2. The minimum atomic E-state index is -0.419.